The van der Waals surface area contributed by atoms with E-state index in [1.54, 1.807) is 11.6 Å². The summed E-state index contributed by atoms with van der Waals surface area (Å²) < 4.78 is 4.96. The van der Waals surface area contributed by atoms with Gasteiger partial charge in [-0.05, 0) is 83.8 Å². The van der Waals surface area contributed by atoms with Crippen LogP contribution in [0.5, 0.6) is 0 Å². The highest BCUT2D eigenvalue weighted by molar-refractivity contribution is 5.83. The fraction of sp³-hybridized carbons (Fsp3) is 0.500. The molecule has 0 N–H and O–H groups in total. The van der Waals surface area contributed by atoms with Crippen molar-refractivity contribution in [2.24, 2.45) is 0 Å². The van der Waals surface area contributed by atoms with Crippen LogP contribution in [0.25, 0.3) is 5.57 Å². The first kappa shape index (κ1) is 20.6. The zero-order chi connectivity index (χ0) is 20.5. The standard InChI is InChI=1S/C26H34O2/c1-7-28-24(27)15-18(2)9-8-10-19-11-12-20-16-22-23(17-21(19)20)26(5,6)14-13-25(22,3)4/h8-10,15-17H,7,11-14H2,1-6H3/b9-8+,18-15+,19-10+. The minimum absolute atomic E-state index is 0.238. The molecule has 0 bridgehead atoms. The second kappa shape index (κ2) is 7.73. The Bertz CT molecular complexity index is 863. The molecule has 1 aromatic rings. The molecule has 0 saturated carbocycles. The third kappa shape index (κ3) is 4.16. The van der Waals surface area contributed by atoms with Gasteiger partial charge in [-0.3, -0.25) is 0 Å². The molecule has 0 atom stereocenters. The van der Waals surface area contributed by atoms with Crippen molar-refractivity contribution >= 4 is 11.5 Å². The number of hydrogen-bond donors (Lipinski definition) is 0. The van der Waals surface area contributed by atoms with Crippen molar-refractivity contribution in [3.8, 4) is 0 Å². The van der Waals surface area contributed by atoms with Gasteiger partial charge < -0.3 is 4.74 Å². The number of aryl methyl sites for hydroxylation is 1. The van der Waals surface area contributed by atoms with E-state index in [0.717, 1.165) is 18.4 Å². The van der Waals surface area contributed by atoms with Crippen LogP contribution in [0.1, 0.15) is 83.1 Å². The first-order chi connectivity index (χ1) is 13.1. The summed E-state index contributed by atoms with van der Waals surface area (Å²) in [5.41, 5.74) is 8.79. The van der Waals surface area contributed by atoms with E-state index >= 15 is 0 Å². The van der Waals surface area contributed by atoms with E-state index in [-0.39, 0.29) is 16.8 Å². The molecule has 0 saturated heterocycles. The number of rotatable bonds is 4. The number of esters is 1. The third-order valence-corrected chi connectivity index (χ3v) is 6.37. The molecule has 0 aliphatic heterocycles. The maximum absolute atomic E-state index is 11.5. The Morgan fingerprint density at radius 3 is 2.36 bits per heavy atom. The van der Waals surface area contributed by atoms with Gasteiger partial charge in [0.15, 0.2) is 0 Å². The number of carbonyl (C=O) groups excluding carboxylic acids is 1. The van der Waals surface area contributed by atoms with E-state index in [4.69, 9.17) is 4.74 Å². The lowest BCUT2D eigenvalue weighted by molar-refractivity contribution is -0.137. The average Bonchev–Trinajstić information content (AvgIpc) is 3.01. The molecule has 0 unspecified atom stereocenters. The number of ether oxygens (including phenoxy) is 1. The van der Waals surface area contributed by atoms with Crippen LogP contribution in [0, 0.1) is 0 Å². The van der Waals surface area contributed by atoms with E-state index in [2.05, 4.69) is 52.0 Å². The van der Waals surface area contributed by atoms with Crippen molar-refractivity contribution in [3.63, 3.8) is 0 Å². The summed E-state index contributed by atoms with van der Waals surface area (Å²) in [6.07, 6.45) is 12.5. The summed E-state index contributed by atoms with van der Waals surface area (Å²) in [5.74, 6) is -0.278. The second-order valence-electron chi connectivity index (χ2n) is 9.51. The quantitative estimate of drug-likeness (QED) is 0.343. The molecule has 1 aromatic carbocycles. The highest BCUT2D eigenvalue weighted by Gasteiger charge is 2.38. The lowest BCUT2D eigenvalue weighted by Gasteiger charge is -2.42. The van der Waals surface area contributed by atoms with Gasteiger partial charge in [0.2, 0.25) is 0 Å². The summed E-state index contributed by atoms with van der Waals surface area (Å²) in [5, 5.41) is 0. The minimum Gasteiger partial charge on any atom is -0.463 e. The van der Waals surface area contributed by atoms with Crippen molar-refractivity contribution in [2.75, 3.05) is 6.61 Å². The molecule has 0 heterocycles. The first-order valence-electron chi connectivity index (χ1n) is 10.5. The average molecular weight is 379 g/mol. The zero-order valence-corrected chi connectivity index (χ0v) is 18.3. The molecular weight excluding hydrogens is 344 g/mol. The van der Waals surface area contributed by atoms with Gasteiger partial charge in [0, 0.05) is 6.08 Å². The number of benzene rings is 1. The van der Waals surface area contributed by atoms with E-state index in [0.29, 0.717) is 6.61 Å². The van der Waals surface area contributed by atoms with Crippen molar-refractivity contribution < 1.29 is 9.53 Å². The van der Waals surface area contributed by atoms with E-state index in [1.165, 1.54) is 35.1 Å². The van der Waals surface area contributed by atoms with Gasteiger partial charge >= 0.3 is 5.97 Å². The van der Waals surface area contributed by atoms with Gasteiger partial charge in [-0.1, -0.05) is 58.1 Å². The predicted molar refractivity (Wildman–Crippen MR) is 118 cm³/mol. The first-order valence-corrected chi connectivity index (χ1v) is 10.5. The molecule has 0 fully saturated rings. The van der Waals surface area contributed by atoms with Crippen LogP contribution in [-0.4, -0.2) is 12.6 Å². The van der Waals surface area contributed by atoms with Gasteiger partial charge in [-0.15, -0.1) is 0 Å². The fourth-order valence-electron chi connectivity index (χ4n) is 4.48. The number of hydrogen-bond acceptors (Lipinski definition) is 2. The van der Waals surface area contributed by atoms with Crippen molar-refractivity contribution in [1.29, 1.82) is 0 Å². The summed E-state index contributed by atoms with van der Waals surface area (Å²) >= 11 is 0. The van der Waals surface area contributed by atoms with Gasteiger partial charge in [0.05, 0.1) is 6.61 Å². The minimum atomic E-state index is -0.278. The SMILES string of the molecule is CCOC(=O)/C=C(C)/C=C/C=C1\CCc2cc3c(cc21)C(C)(C)CCC3(C)C. The lowest BCUT2D eigenvalue weighted by Crippen LogP contribution is -2.34. The summed E-state index contributed by atoms with van der Waals surface area (Å²) in [6.45, 7) is 13.7. The Kier molecular flexibility index (Phi) is 5.70. The predicted octanol–water partition coefficient (Wildman–Crippen LogP) is 6.43. The largest absolute Gasteiger partial charge is 0.463 e. The molecule has 2 nitrogen and oxygen atoms in total. The van der Waals surface area contributed by atoms with Gasteiger partial charge in [0.1, 0.15) is 0 Å². The Morgan fingerprint density at radius 2 is 1.71 bits per heavy atom. The van der Waals surface area contributed by atoms with Gasteiger partial charge in [0.25, 0.3) is 0 Å². The van der Waals surface area contributed by atoms with Gasteiger partial charge in [-0.2, -0.15) is 0 Å². The van der Waals surface area contributed by atoms with Crippen molar-refractivity contribution in [1.82, 2.24) is 0 Å². The topological polar surface area (TPSA) is 26.3 Å². The van der Waals surface area contributed by atoms with Crippen LogP contribution < -0.4 is 0 Å². The molecule has 0 radical (unpaired) electrons. The number of carbonyl (C=O) groups is 1. The Hall–Kier alpha value is -2.09. The van der Waals surface area contributed by atoms with Crippen LogP contribution in [-0.2, 0) is 26.8 Å². The highest BCUT2D eigenvalue weighted by atomic mass is 16.5. The lowest BCUT2D eigenvalue weighted by atomic mass is 9.62. The van der Waals surface area contributed by atoms with Crippen LogP contribution >= 0.6 is 0 Å². The fourth-order valence-corrected chi connectivity index (χ4v) is 4.48. The monoisotopic (exact) mass is 378 g/mol. The molecule has 0 aromatic heterocycles. The second-order valence-corrected chi connectivity index (χ2v) is 9.51. The number of allylic oxidation sites excluding steroid dienone is 5. The smallest absolute Gasteiger partial charge is 0.330 e. The summed E-state index contributed by atoms with van der Waals surface area (Å²) in [4.78, 5) is 11.5. The molecule has 0 spiro atoms. The molecule has 2 aliphatic rings. The van der Waals surface area contributed by atoms with E-state index in [1.807, 2.05) is 19.9 Å². The zero-order valence-electron chi connectivity index (χ0n) is 18.3. The van der Waals surface area contributed by atoms with E-state index < -0.39 is 0 Å². The van der Waals surface area contributed by atoms with E-state index in [9.17, 15) is 4.79 Å². The molecular formula is C26H34O2. The Morgan fingerprint density at radius 1 is 1.07 bits per heavy atom. The Labute approximate surface area is 170 Å². The van der Waals surface area contributed by atoms with Crippen LogP contribution in [0.2, 0.25) is 0 Å². The maximum Gasteiger partial charge on any atom is 0.330 e. The Balaban J connectivity index is 1.89. The summed E-state index contributed by atoms with van der Waals surface area (Å²) in [6, 6.07) is 4.96. The summed E-state index contributed by atoms with van der Waals surface area (Å²) in [7, 11) is 0. The van der Waals surface area contributed by atoms with Crippen molar-refractivity contribution in [3.05, 3.63) is 64.3 Å². The van der Waals surface area contributed by atoms with Crippen molar-refractivity contribution in [2.45, 2.75) is 78.1 Å². The molecule has 150 valence electrons. The molecule has 0 amide bonds. The normalized spacial score (nSPS) is 21.6. The molecule has 28 heavy (non-hydrogen) atoms. The van der Waals surface area contributed by atoms with Crippen LogP contribution in [0.15, 0.2) is 42.0 Å². The number of fused-ring (bicyclic) bond motifs is 2. The van der Waals surface area contributed by atoms with Crippen LogP contribution in [0.3, 0.4) is 0 Å². The highest BCUT2D eigenvalue weighted by Crippen LogP contribution is 2.48. The third-order valence-electron chi connectivity index (χ3n) is 6.37. The van der Waals surface area contributed by atoms with Gasteiger partial charge in [-0.25, -0.2) is 4.79 Å². The maximum atomic E-state index is 11.5. The molecule has 2 heteroatoms. The molecule has 3 rings (SSSR count). The van der Waals surface area contributed by atoms with Crippen LogP contribution in [0.4, 0.5) is 0 Å². The molecule has 2 aliphatic carbocycles.